The lowest BCUT2D eigenvalue weighted by molar-refractivity contribution is 0.0759. The van der Waals surface area contributed by atoms with E-state index in [1.54, 1.807) is 13.3 Å². The number of nitrogens with zero attached hydrogens (tertiary/aromatic N) is 4. The maximum atomic E-state index is 13.1. The van der Waals surface area contributed by atoms with Crippen LogP contribution in [0.2, 0.25) is 0 Å². The molecule has 3 heterocycles. The largest absolute Gasteiger partial charge is 0.383 e. The van der Waals surface area contributed by atoms with Crippen LogP contribution in [0, 0.1) is 0 Å². The van der Waals surface area contributed by atoms with Gasteiger partial charge >= 0.3 is 0 Å². The van der Waals surface area contributed by atoms with Crippen LogP contribution in [-0.4, -0.2) is 80.2 Å². The fraction of sp³-hybridized carbons (Fsp3) is 0.667. The quantitative estimate of drug-likeness (QED) is 0.817. The molecule has 2 aliphatic heterocycles. The number of amides is 1. The van der Waals surface area contributed by atoms with Gasteiger partial charge in [-0.3, -0.25) is 9.69 Å². The van der Waals surface area contributed by atoms with Crippen molar-refractivity contribution < 1.29 is 9.53 Å². The van der Waals surface area contributed by atoms with Gasteiger partial charge in [-0.2, -0.15) is 0 Å². The summed E-state index contributed by atoms with van der Waals surface area (Å²) in [5.41, 5.74) is 0.754. The molecule has 0 aromatic carbocycles. The number of aromatic nitrogens is 1. The first-order valence-corrected chi connectivity index (χ1v) is 9.00. The summed E-state index contributed by atoms with van der Waals surface area (Å²) in [6.45, 7) is 7.21. The van der Waals surface area contributed by atoms with E-state index in [9.17, 15) is 4.79 Å². The Kier molecular flexibility index (Phi) is 6.04. The maximum Gasteiger partial charge on any atom is 0.257 e. The van der Waals surface area contributed by atoms with E-state index in [1.807, 2.05) is 17.0 Å². The Morgan fingerprint density at radius 1 is 1.12 bits per heavy atom. The third-order valence-corrected chi connectivity index (χ3v) is 4.91. The van der Waals surface area contributed by atoms with Gasteiger partial charge in [0.15, 0.2) is 0 Å². The van der Waals surface area contributed by atoms with Gasteiger partial charge in [0.05, 0.1) is 12.2 Å². The Labute approximate surface area is 144 Å². The molecule has 0 atom stereocenters. The maximum absolute atomic E-state index is 13.1. The minimum atomic E-state index is 0.124. The van der Waals surface area contributed by atoms with E-state index in [1.165, 1.54) is 12.8 Å². The first kappa shape index (κ1) is 17.2. The first-order chi connectivity index (χ1) is 11.8. The van der Waals surface area contributed by atoms with Crippen molar-refractivity contribution >= 4 is 11.7 Å². The van der Waals surface area contributed by atoms with Gasteiger partial charge in [-0.1, -0.05) is 0 Å². The minimum Gasteiger partial charge on any atom is -0.383 e. The smallest absolute Gasteiger partial charge is 0.257 e. The lowest BCUT2D eigenvalue weighted by Crippen LogP contribution is -2.37. The van der Waals surface area contributed by atoms with Gasteiger partial charge in [0, 0.05) is 52.6 Å². The van der Waals surface area contributed by atoms with Gasteiger partial charge < -0.3 is 14.5 Å². The molecule has 2 aliphatic rings. The summed E-state index contributed by atoms with van der Waals surface area (Å²) in [6, 6.07) is 3.80. The van der Waals surface area contributed by atoms with Crippen molar-refractivity contribution in [2.24, 2.45) is 0 Å². The Morgan fingerprint density at radius 2 is 1.96 bits per heavy atom. The van der Waals surface area contributed by atoms with E-state index >= 15 is 0 Å². The summed E-state index contributed by atoms with van der Waals surface area (Å²) in [5, 5.41) is 0. The molecule has 0 bridgehead atoms. The van der Waals surface area contributed by atoms with Crippen molar-refractivity contribution in [3.8, 4) is 0 Å². The van der Waals surface area contributed by atoms with E-state index in [0.29, 0.717) is 0 Å². The molecule has 0 N–H and O–H groups in total. The number of carbonyl (C=O) groups is 1. The van der Waals surface area contributed by atoms with E-state index in [4.69, 9.17) is 4.74 Å². The lowest BCUT2D eigenvalue weighted by Gasteiger charge is -2.25. The van der Waals surface area contributed by atoms with Crippen LogP contribution in [0.15, 0.2) is 18.3 Å². The summed E-state index contributed by atoms with van der Waals surface area (Å²) in [4.78, 5) is 24.2. The summed E-state index contributed by atoms with van der Waals surface area (Å²) in [5.74, 6) is 0.985. The van der Waals surface area contributed by atoms with E-state index in [0.717, 1.165) is 70.2 Å². The van der Waals surface area contributed by atoms with Crippen LogP contribution >= 0.6 is 0 Å². The van der Waals surface area contributed by atoms with Crippen LogP contribution in [0.25, 0.3) is 0 Å². The van der Waals surface area contributed by atoms with Gasteiger partial charge in [-0.25, -0.2) is 4.98 Å². The zero-order valence-electron chi connectivity index (χ0n) is 14.6. The Bertz CT molecular complexity index is 546. The Balaban J connectivity index is 1.68. The Morgan fingerprint density at radius 3 is 2.75 bits per heavy atom. The summed E-state index contributed by atoms with van der Waals surface area (Å²) in [7, 11) is 1.73. The average Bonchev–Trinajstić information content (AvgIpc) is 3.05. The number of methoxy groups -OCH3 is 1. The zero-order chi connectivity index (χ0) is 16.8. The van der Waals surface area contributed by atoms with Crippen LogP contribution in [0.1, 0.15) is 29.6 Å². The van der Waals surface area contributed by atoms with Gasteiger partial charge in [0.2, 0.25) is 0 Å². The van der Waals surface area contributed by atoms with Crippen LogP contribution < -0.4 is 4.90 Å². The molecule has 0 saturated carbocycles. The number of anilines is 1. The first-order valence-electron chi connectivity index (χ1n) is 9.00. The SMILES string of the molecule is COCCN1CCCN(C(=O)c2cccnc2N2CCCC2)CC1. The summed E-state index contributed by atoms with van der Waals surface area (Å²) < 4.78 is 5.17. The highest BCUT2D eigenvalue weighted by Crippen LogP contribution is 2.23. The number of hydrogen-bond donors (Lipinski definition) is 0. The molecule has 1 aromatic rings. The fourth-order valence-electron chi connectivity index (χ4n) is 3.53. The number of hydrogen-bond acceptors (Lipinski definition) is 5. The molecule has 0 aliphatic carbocycles. The summed E-state index contributed by atoms with van der Waals surface area (Å²) >= 11 is 0. The third-order valence-electron chi connectivity index (χ3n) is 4.91. The van der Waals surface area contributed by atoms with Crippen molar-refractivity contribution in [2.75, 3.05) is 64.4 Å². The molecule has 0 spiro atoms. The lowest BCUT2D eigenvalue weighted by atomic mass is 10.2. The highest BCUT2D eigenvalue weighted by atomic mass is 16.5. The standard InChI is InChI=1S/C18H28N4O2/c1-24-15-14-20-8-5-11-22(13-12-20)18(23)16-6-4-7-19-17(16)21-9-2-3-10-21/h4,6-7H,2-3,5,8-15H2,1H3. The molecule has 6 heteroatoms. The highest BCUT2D eigenvalue weighted by molar-refractivity contribution is 5.99. The Hall–Kier alpha value is -1.66. The second-order valence-corrected chi connectivity index (χ2v) is 6.55. The van der Waals surface area contributed by atoms with E-state index < -0.39 is 0 Å². The normalized spacial score (nSPS) is 19.5. The molecule has 3 rings (SSSR count). The molecule has 132 valence electrons. The predicted molar refractivity (Wildman–Crippen MR) is 94.5 cm³/mol. The number of pyridine rings is 1. The number of ether oxygens (including phenoxy) is 1. The van der Waals surface area contributed by atoms with E-state index in [-0.39, 0.29) is 5.91 Å². The average molecular weight is 332 g/mol. The minimum absolute atomic E-state index is 0.124. The van der Waals surface area contributed by atoms with Crippen LogP contribution in [0.3, 0.4) is 0 Å². The van der Waals surface area contributed by atoms with Crippen molar-refractivity contribution in [1.82, 2.24) is 14.8 Å². The molecule has 0 radical (unpaired) electrons. The predicted octanol–water partition coefficient (Wildman–Crippen LogP) is 1.48. The topological polar surface area (TPSA) is 48.9 Å². The zero-order valence-corrected chi connectivity index (χ0v) is 14.6. The molecule has 2 saturated heterocycles. The summed E-state index contributed by atoms with van der Waals surface area (Å²) in [6.07, 6.45) is 5.17. The fourth-order valence-corrected chi connectivity index (χ4v) is 3.53. The van der Waals surface area contributed by atoms with Gasteiger partial charge in [0.25, 0.3) is 5.91 Å². The molecule has 2 fully saturated rings. The third kappa shape index (κ3) is 4.05. The van der Waals surface area contributed by atoms with Crippen molar-refractivity contribution in [2.45, 2.75) is 19.3 Å². The molecular formula is C18H28N4O2. The highest BCUT2D eigenvalue weighted by Gasteiger charge is 2.25. The van der Waals surface area contributed by atoms with Crippen molar-refractivity contribution in [3.63, 3.8) is 0 Å². The monoisotopic (exact) mass is 332 g/mol. The van der Waals surface area contributed by atoms with E-state index in [2.05, 4.69) is 14.8 Å². The van der Waals surface area contributed by atoms with Crippen LogP contribution in [0.4, 0.5) is 5.82 Å². The molecule has 6 nitrogen and oxygen atoms in total. The molecule has 0 unspecified atom stereocenters. The molecule has 1 amide bonds. The van der Waals surface area contributed by atoms with Gasteiger partial charge in [-0.15, -0.1) is 0 Å². The van der Waals surface area contributed by atoms with Crippen LogP contribution in [-0.2, 0) is 4.74 Å². The molecule has 1 aromatic heterocycles. The van der Waals surface area contributed by atoms with Crippen LogP contribution in [0.5, 0.6) is 0 Å². The van der Waals surface area contributed by atoms with Crippen molar-refractivity contribution in [1.29, 1.82) is 0 Å². The molecule has 24 heavy (non-hydrogen) atoms. The van der Waals surface area contributed by atoms with Crippen molar-refractivity contribution in [3.05, 3.63) is 23.9 Å². The molecular weight excluding hydrogens is 304 g/mol. The second-order valence-electron chi connectivity index (χ2n) is 6.55. The number of carbonyl (C=O) groups excluding carboxylic acids is 1. The second kappa shape index (κ2) is 8.44. The van der Waals surface area contributed by atoms with Gasteiger partial charge in [-0.05, 0) is 37.9 Å². The number of rotatable bonds is 5. The van der Waals surface area contributed by atoms with Gasteiger partial charge in [0.1, 0.15) is 5.82 Å².